The number of hydrogen-bond donors (Lipinski definition) is 0. The summed E-state index contributed by atoms with van der Waals surface area (Å²) in [6.07, 6.45) is 0.687. The highest BCUT2D eigenvalue weighted by atomic mass is 19.4. The van der Waals surface area contributed by atoms with Crippen molar-refractivity contribution in [1.29, 1.82) is 0 Å². The van der Waals surface area contributed by atoms with Gasteiger partial charge in [-0.3, -0.25) is 14.7 Å². The van der Waals surface area contributed by atoms with Gasteiger partial charge in [-0.2, -0.15) is 13.2 Å². The molecule has 0 aromatic carbocycles. The first-order valence-electron chi connectivity index (χ1n) is 21.2. The Labute approximate surface area is 358 Å². The Hall–Kier alpha value is -6.01. The first-order valence-corrected chi connectivity index (χ1v) is 21.2. The van der Waals surface area contributed by atoms with Crippen molar-refractivity contribution in [1.82, 2.24) is 39.7 Å². The molecule has 62 heavy (non-hydrogen) atoms. The molecule has 4 aromatic rings. The highest BCUT2D eigenvalue weighted by Crippen LogP contribution is 2.42. The van der Waals surface area contributed by atoms with Crippen LogP contribution in [0.15, 0.2) is 36.7 Å². The Bertz CT molecular complexity index is 2360. The number of carbonyl (C=O) groups excluding carboxylic acids is 2. The molecule has 328 valence electrons. The molecule has 6 aliphatic heterocycles. The molecule has 0 bridgehead atoms. The smallest absolute Gasteiger partial charge is 0.433 e. The first kappa shape index (κ1) is 41.3. The van der Waals surface area contributed by atoms with Crippen LogP contribution in [0.3, 0.4) is 0 Å². The molecule has 4 fully saturated rings. The standard InChI is InChI=1S/C22H25F3N6O.C21H26N6O3/c1-14-27-17-11-30(10-16(17)20(28-14)29-6-3-7-29)19(32)9-21(2)12-31(13-21)15-4-5-26-18(8-15)22(23,24)25;1-13-19-17(23-14(2)24-20(19)25-7-4-8-25)12-27(13)21(28)30-16-10-26(11-16)15-5-6-22-18(9-15)29-3/h4-5,8H,3,6-7,9-13H2,1-2H3;5-6,9,13,16H,4,7-8,10-12H2,1-3H3/t;13-/m.1/s1. The number of halogens is 3. The second-order valence-corrected chi connectivity index (χ2v) is 17.4. The number of ether oxygens (including phenoxy) is 2. The number of aromatic nitrogens is 6. The summed E-state index contributed by atoms with van der Waals surface area (Å²) in [5.41, 5.74) is 4.28. The lowest BCUT2D eigenvalue weighted by atomic mass is 9.78. The monoisotopic (exact) mass is 856 g/mol. The van der Waals surface area contributed by atoms with Gasteiger partial charge in [0.2, 0.25) is 11.8 Å². The summed E-state index contributed by atoms with van der Waals surface area (Å²) in [6, 6.07) is 6.36. The number of anilines is 4. The van der Waals surface area contributed by atoms with Gasteiger partial charge in [0.05, 0.1) is 57.3 Å². The van der Waals surface area contributed by atoms with Crippen LogP contribution < -0.4 is 24.3 Å². The molecule has 4 saturated heterocycles. The van der Waals surface area contributed by atoms with E-state index >= 15 is 0 Å². The fourth-order valence-corrected chi connectivity index (χ4v) is 9.00. The second-order valence-electron chi connectivity index (χ2n) is 17.4. The zero-order chi connectivity index (χ0) is 43.5. The maximum atomic E-state index is 13.1. The maximum Gasteiger partial charge on any atom is 0.433 e. The predicted molar refractivity (Wildman–Crippen MR) is 223 cm³/mol. The van der Waals surface area contributed by atoms with E-state index in [2.05, 4.69) is 44.6 Å². The molecule has 6 aliphatic rings. The third kappa shape index (κ3) is 8.08. The summed E-state index contributed by atoms with van der Waals surface area (Å²) in [5, 5.41) is 0. The number of methoxy groups -OCH3 is 1. The summed E-state index contributed by atoms with van der Waals surface area (Å²) >= 11 is 0. The normalized spacial score (nSPS) is 20.0. The summed E-state index contributed by atoms with van der Waals surface area (Å²) in [7, 11) is 1.60. The van der Waals surface area contributed by atoms with E-state index in [9.17, 15) is 22.8 Å². The fraction of sp³-hybridized carbons (Fsp3) is 0.535. The molecule has 0 spiro atoms. The summed E-state index contributed by atoms with van der Waals surface area (Å²) in [5.74, 6) is 4.02. The number of rotatable bonds is 8. The summed E-state index contributed by atoms with van der Waals surface area (Å²) < 4.78 is 49.8. The number of hydrogen-bond acceptors (Lipinski definition) is 14. The van der Waals surface area contributed by atoms with E-state index in [0.717, 1.165) is 90.2 Å². The first-order chi connectivity index (χ1) is 29.6. The van der Waals surface area contributed by atoms with E-state index in [-0.39, 0.29) is 29.6 Å². The van der Waals surface area contributed by atoms with E-state index in [4.69, 9.17) is 9.47 Å². The van der Waals surface area contributed by atoms with Crippen molar-refractivity contribution in [3.8, 4) is 5.88 Å². The quantitative estimate of drug-likeness (QED) is 0.221. The lowest BCUT2D eigenvalue weighted by Crippen LogP contribution is -2.56. The molecule has 1 atom stereocenters. The highest BCUT2D eigenvalue weighted by molar-refractivity contribution is 5.79. The lowest BCUT2D eigenvalue weighted by Gasteiger charge is -2.49. The van der Waals surface area contributed by atoms with Crippen LogP contribution in [0, 0.1) is 19.3 Å². The SMILES string of the molecule is COc1cc(N2CC(OC(=O)N3Cc4nc(C)nc(N5CCC5)c4[C@H]3C)C2)ccn1.Cc1nc2c(c(N3CCC3)n1)CN(C(=O)CC1(C)CN(c3ccnc(C(F)(F)F)c3)C1)C2. The number of carbonyl (C=O) groups is 2. The molecule has 19 heteroatoms. The summed E-state index contributed by atoms with van der Waals surface area (Å²) in [6.45, 7) is 15.6. The maximum absolute atomic E-state index is 13.1. The van der Waals surface area contributed by atoms with Gasteiger partial charge in [0.25, 0.3) is 0 Å². The second kappa shape index (κ2) is 16.0. The number of alkyl halides is 3. The van der Waals surface area contributed by atoms with Crippen LogP contribution in [-0.2, 0) is 35.3 Å². The van der Waals surface area contributed by atoms with Crippen molar-refractivity contribution in [3.05, 3.63) is 76.5 Å². The van der Waals surface area contributed by atoms with Gasteiger partial charge in [-0.15, -0.1) is 0 Å². The molecule has 10 heterocycles. The fourth-order valence-electron chi connectivity index (χ4n) is 9.00. The predicted octanol–water partition coefficient (Wildman–Crippen LogP) is 5.47. The van der Waals surface area contributed by atoms with Crippen LogP contribution in [0.25, 0.3) is 0 Å². The molecule has 2 amide bonds. The van der Waals surface area contributed by atoms with Crippen molar-refractivity contribution >= 4 is 35.0 Å². The Kier molecular flexibility index (Phi) is 10.7. The number of aryl methyl sites for hydroxylation is 2. The largest absolute Gasteiger partial charge is 0.481 e. The van der Waals surface area contributed by atoms with E-state index in [1.54, 1.807) is 24.3 Å². The van der Waals surface area contributed by atoms with Crippen molar-refractivity contribution in [2.75, 3.05) is 79.1 Å². The highest BCUT2D eigenvalue weighted by Gasteiger charge is 2.44. The van der Waals surface area contributed by atoms with Gasteiger partial charge in [0.1, 0.15) is 35.1 Å². The van der Waals surface area contributed by atoms with Gasteiger partial charge in [-0.05, 0) is 51.8 Å². The van der Waals surface area contributed by atoms with Gasteiger partial charge in [0.15, 0.2) is 0 Å². The molecule has 0 saturated carbocycles. The zero-order valence-electron chi connectivity index (χ0n) is 35.7. The average Bonchev–Trinajstić information content (AvgIpc) is 3.74. The summed E-state index contributed by atoms with van der Waals surface area (Å²) in [4.78, 5) is 64.1. The molecule has 0 N–H and O–H groups in total. The van der Waals surface area contributed by atoms with Gasteiger partial charge < -0.3 is 34.0 Å². The Morgan fingerprint density at radius 2 is 1.44 bits per heavy atom. The number of pyridine rings is 2. The van der Waals surface area contributed by atoms with Crippen LogP contribution in [0.1, 0.15) is 79.0 Å². The van der Waals surface area contributed by atoms with Gasteiger partial charge in [-0.25, -0.2) is 29.7 Å². The van der Waals surface area contributed by atoms with Gasteiger partial charge in [0, 0.05) is 92.1 Å². The molecule has 0 aliphatic carbocycles. The third-order valence-electron chi connectivity index (χ3n) is 12.6. The number of nitrogens with zero attached hydrogens (tertiary/aromatic N) is 12. The molecule has 10 rings (SSSR count). The lowest BCUT2D eigenvalue weighted by molar-refractivity contribution is -0.141. The number of fused-ring (bicyclic) bond motifs is 2. The zero-order valence-corrected chi connectivity index (χ0v) is 35.7. The topological polar surface area (TPSA) is 149 Å². The molecular formula is C43H51F3N12O4. The number of amides is 2. The van der Waals surface area contributed by atoms with E-state index in [1.807, 2.05) is 49.6 Å². The minimum absolute atomic E-state index is 0.0445. The van der Waals surface area contributed by atoms with E-state index in [0.29, 0.717) is 63.8 Å². The Morgan fingerprint density at radius 3 is 2.08 bits per heavy atom. The van der Waals surface area contributed by atoms with Crippen LogP contribution in [0.5, 0.6) is 5.88 Å². The molecule has 0 radical (unpaired) electrons. The van der Waals surface area contributed by atoms with Crippen molar-refractivity contribution in [3.63, 3.8) is 0 Å². The Balaban J connectivity index is 0.000000158. The molecule has 16 nitrogen and oxygen atoms in total. The van der Waals surface area contributed by atoms with Gasteiger partial charge >= 0.3 is 12.3 Å². The van der Waals surface area contributed by atoms with Crippen LogP contribution in [0.2, 0.25) is 0 Å². The third-order valence-corrected chi connectivity index (χ3v) is 12.6. The van der Waals surface area contributed by atoms with Crippen LogP contribution >= 0.6 is 0 Å². The minimum atomic E-state index is -4.47. The van der Waals surface area contributed by atoms with Crippen LogP contribution in [-0.4, -0.2) is 117 Å². The average molecular weight is 857 g/mol. The van der Waals surface area contributed by atoms with Crippen molar-refractivity contribution < 1.29 is 32.2 Å². The van der Waals surface area contributed by atoms with Gasteiger partial charge in [-0.1, -0.05) is 6.92 Å². The van der Waals surface area contributed by atoms with E-state index in [1.165, 1.54) is 12.6 Å². The minimum Gasteiger partial charge on any atom is -0.481 e. The van der Waals surface area contributed by atoms with Crippen molar-refractivity contribution in [2.45, 2.75) is 84.9 Å². The molecule has 4 aromatic heterocycles. The van der Waals surface area contributed by atoms with Crippen molar-refractivity contribution in [2.24, 2.45) is 5.41 Å². The van der Waals surface area contributed by atoms with E-state index < -0.39 is 11.9 Å². The Morgan fingerprint density at radius 1 is 0.806 bits per heavy atom. The van der Waals surface area contributed by atoms with Crippen LogP contribution in [0.4, 0.5) is 41.0 Å². The molecule has 0 unspecified atom stereocenters. The molecular weight excluding hydrogens is 806 g/mol.